The summed E-state index contributed by atoms with van der Waals surface area (Å²) in [5.74, 6) is -0.869. The summed E-state index contributed by atoms with van der Waals surface area (Å²) in [5.41, 5.74) is 5.13. The second-order valence-corrected chi connectivity index (χ2v) is 7.22. The van der Waals surface area contributed by atoms with Gasteiger partial charge in [0.1, 0.15) is 4.90 Å². The predicted octanol–water partition coefficient (Wildman–Crippen LogP) is 2.73. The molecular weight excluding hydrogens is 291 g/mol. The van der Waals surface area contributed by atoms with Gasteiger partial charge in [0.25, 0.3) is 0 Å². The van der Waals surface area contributed by atoms with Crippen LogP contribution < -0.4 is 5.73 Å². The minimum Gasteiger partial charge on any atom is -0.396 e. The molecule has 2 N–H and O–H groups in total. The molecule has 0 amide bonds. The number of hydrogen-bond donors (Lipinski definition) is 1. The Labute approximate surface area is 118 Å². The van der Waals surface area contributed by atoms with Crippen LogP contribution in [0.1, 0.15) is 20.8 Å². The number of anilines is 1. The number of sulfonamides is 1. The summed E-state index contributed by atoms with van der Waals surface area (Å²) in [6.07, 6.45) is 0. The van der Waals surface area contributed by atoms with Gasteiger partial charge < -0.3 is 5.73 Å². The molecule has 7 heteroatoms. The molecule has 0 saturated heterocycles. The first kappa shape index (κ1) is 16.2. The van der Waals surface area contributed by atoms with Crippen molar-refractivity contribution in [2.75, 3.05) is 12.8 Å². The van der Waals surface area contributed by atoms with E-state index < -0.39 is 20.7 Å². The van der Waals surface area contributed by atoms with Crippen LogP contribution in [0.5, 0.6) is 0 Å². The largest absolute Gasteiger partial charge is 0.396 e. The monoisotopic (exact) mass is 308 g/mol. The van der Waals surface area contributed by atoms with Crippen molar-refractivity contribution in [1.82, 2.24) is 4.31 Å². The Balaban J connectivity index is 3.36. The molecular formula is C12H18ClFN2O2S. The molecule has 0 radical (unpaired) electrons. The molecule has 0 aromatic heterocycles. The van der Waals surface area contributed by atoms with Crippen molar-refractivity contribution in [2.45, 2.75) is 31.7 Å². The van der Waals surface area contributed by atoms with E-state index in [9.17, 15) is 12.8 Å². The molecule has 0 aliphatic rings. The second kappa shape index (κ2) is 5.64. The van der Waals surface area contributed by atoms with E-state index in [4.69, 9.17) is 17.3 Å². The first-order valence-corrected chi connectivity index (χ1v) is 7.63. The van der Waals surface area contributed by atoms with Crippen LogP contribution in [-0.4, -0.2) is 25.8 Å². The minimum atomic E-state index is -3.97. The Hall–Kier alpha value is -0.850. The van der Waals surface area contributed by atoms with Crippen LogP contribution >= 0.6 is 11.6 Å². The van der Waals surface area contributed by atoms with Crippen molar-refractivity contribution >= 4 is 27.3 Å². The topological polar surface area (TPSA) is 63.4 Å². The fourth-order valence-electron chi connectivity index (χ4n) is 1.57. The Kier molecular flexibility index (Phi) is 4.81. The summed E-state index contributed by atoms with van der Waals surface area (Å²) < 4.78 is 39.8. The van der Waals surface area contributed by atoms with Gasteiger partial charge in [0.15, 0.2) is 5.82 Å². The van der Waals surface area contributed by atoms with E-state index in [1.54, 1.807) is 6.92 Å². The maximum Gasteiger partial charge on any atom is 0.246 e. The summed E-state index contributed by atoms with van der Waals surface area (Å²) in [7, 11) is -2.55. The van der Waals surface area contributed by atoms with E-state index in [2.05, 4.69) is 0 Å². The molecule has 0 aliphatic heterocycles. The van der Waals surface area contributed by atoms with Gasteiger partial charge in [-0.05, 0) is 25.0 Å². The second-order valence-electron chi connectivity index (χ2n) is 4.81. The Morgan fingerprint density at radius 1 is 1.32 bits per heavy atom. The molecule has 0 saturated carbocycles. The van der Waals surface area contributed by atoms with Gasteiger partial charge in [-0.2, -0.15) is 4.31 Å². The standard InChI is InChI=1S/C12H18ClFN2O2S/c1-7(2)8(3)16(4)19(17,18)11-6-9(13)5-10(15)12(11)14/h5-8H,15H2,1-4H3. The third kappa shape index (κ3) is 3.19. The average Bonchev–Trinajstić information content (AvgIpc) is 2.31. The first-order chi connectivity index (χ1) is 8.59. The summed E-state index contributed by atoms with van der Waals surface area (Å²) in [6, 6.07) is 1.98. The van der Waals surface area contributed by atoms with Crippen LogP contribution in [0, 0.1) is 11.7 Å². The number of nitrogen functional groups attached to an aromatic ring is 1. The number of hydrogen-bond acceptors (Lipinski definition) is 3. The smallest absolute Gasteiger partial charge is 0.246 e. The summed E-state index contributed by atoms with van der Waals surface area (Å²) >= 11 is 5.75. The molecule has 1 rings (SSSR count). The van der Waals surface area contributed by atoms with Crippen molar-refractivity contribution in [1.29, 1.82) is 0 Å². The molecule has 0 spiro atoms. The lowest BCUT2D eigenvalue weighted by Crippen LogP contribution is -2.38. The molecule has 0 aliphatic carbocycles. The highest BCUT2D eigenvalue weighted by molar-refractivity contribution is 7.89. The molecule has 1 unspecified atom stereocenters. The first-order valence-electron chi connectivity index (χ1n) is 5.81. The lowest BCUT2D eigenvalue weighted by molar-refractivity contribution is 0.314. The van der Waals surface area contributed by atoms with Gasteiger partial charge in [-0.25, -0.2) is 12.8 Å². The number of halogens is 2. The van der Waals surface area contributed by atoms with E-state index in [0.717, 1.165) is 10.4 Å². The van der Waals surface area contributed by atoms with Crippen molar-refractivity contribution < 1.29 is 12.8 Å². The Morgan fingerprint density at radius 3 is 2.32 bits per heavy atom. The molecule has 108 valence electrons. The molecule has 1 atom stereocenters. The minimum absolute atomic E-state index is 0.0862. The fourth-order valence-corrected chi connectivity index (χ4v) is 3.47. The van der Waals surface area contributed by atoms with Crippen molar-refractivity contribution in [2.24, 2.45) is 5.92 Å². The van der Waals surface area contributed by atoms with Crippen LogP contribution in [-0.2, 0) is 10.0 Å². The quantitative estimate of drug-likeness (QED) is 0.870. The maximum absolute atomic E-state index is 13.9. The number of rotatable bonds is 4. The average molecular weight is 309 g/mol. The summed E-state index contributed by atoms with van der Waals surface area (Å²) in [4.78, 5) is -0.493. The molecule has 19 heavy (non-hydrogen) atoms. The van der Waals surface area contributed by atoms with Gasteiger partial charge in [0.2, 0.25) is 10.0 Å². The molecule has 4 nitrogen and oxygen atoms in total. The third-order valence-corrected chi connectivity index (χ3v) is 5.39. The highest BCUT2D eigenvalue weighted by atomic mass is 35.5. The van der Waals surface area contributed by atoms with Gasteiger partial charge in [-0.3, -0.25) is 0 Å². The van der Waals surface area contributed by atoms with Gasteiger partial charge >= 0.3 is 0 Å². The Morgan fingerprint density at radius 2 is 1.84 bits per heavy atom. The zero-order chi connectivity index (χ0) is 15.0. The van der Waals surface area contributed by atoms with Crippen LogP contribution in [0.25, 0.3) is 0 Å². The Bertz CT molecular complexity index is 575. The third-order valence-electron chi connectivity index (χ3n) is 3.23. The number of nitrogens with zero attached hydrogens (tertiary/aromatic N) is 1. The fraction of sp³-hybridized carbons (Fsp3) is 0.500. The van der Waals surface area contributed by atoms with E-state index >= 15 is 0 Å². The van der Waals surface area contributed by atoms with E-state index in [1.807, 2.05) is 13.8 Å². The summed E-state index contributed by atoms with van der Waals surface area (Å²) in [6.45, 7) is 5.53. The van der Waals surface area contributed by atoms with E-state index in [0.29, 0.717) is 0 Å². The predicted molar refractivity (Wildman–Crippen MR) is 75.1 cm³/mol. The van der Waals surface area contributed by atoms with Gasteiger partial charge in [-0.15, -0.1) is 0 Å². The van der Waals surface area contributed by atoms with Crippen molar-refractivity contribution in [3.05, 3.63) is 23.0 Å². The van der Waals surface area contributed by atoms with Crippen molar-refractivity contribution in [3.8, 4) is 0 Å². The molecule has 1 aromatic rings. The van der Waals surface area contributed by atoms with Crippen LogP contribution in [0.3, 0.4) is 0 Å². The zero-order valence-electron chi connectivity index (χ0n) is 11.3. The molecule has 0 bridgehead atoms. The SMILES string of the molecule is CC(C)C(C)N(C)S(=O)(=O)c1cc(Cl)cc(N)c1F. The van der Waals surface area contributed by atoms with Crippen LogP contribution in [0.2, 0.25) is 5.02 Å². The molecule has 0 heterocycles. The highest BCUT2D eigenvalue weighted by Gasteiger charge is 2.30. The lowest BCUT2D eigenvalue weighted by Gasteiger charge is -2.27. The van der Waals surface area contributed by atoms with Gasteiger partial charge in [0.05, 0.1) is 5.69 Å². The molecule has 0 fully saturated rings. The zero-order valence-corrected chi connectivity index (χ0v) is 12.9. The lowest BCUT2D eigenvalue weighted by atomic mass is 10.1. The highest BCUT2D eigenvalue weighted by Crippen LogP contribution is 2.28. The normalized spacial score (nSPS) is 14.1. The van der Waals surface area contributed by atoms with Crippen LogP contribution in [0.4, 0.5) is 10.1 Å². The number of benzene rings is 1. The van der Waals surface area contributed by atoms with E-state index in [1.165, 1.54) is 13.1 Å². The van der Waals surface area contributed by atoms with E-state index in [-0.39, 0.29) is 22.7 Å². The summed E-state index contributed by atoms with van der Waals surface area (Å²) in [5, 5.41) is 0.0862. The van der Waals surface area contributed by atoms with Crippen molar-refractivity contribution in [3.63, 3.8) is 0 Å². The van der Waals surface area contributed by atoms with Gasteiger partial charge in [-0.1, -0.05) is 25.4 Å². The van der Waals surface area contributed by atoms with Crippen LogP contribution in [0.15, 0.2) is 17.0 Å². The maximum atomic E-state index is 13.9. The molecule has 1 aromatic carbocycles. The van der Waals surface area contributed by atoms with Gasteiger partial charge in [0, 0.05) is 18.1 Å². The number of nitrogens with two attached hydrogens (primary N) is 1.